The van der Waals surface area contributed by atoms with Crippen LogP contribution in [0.25, 0.3) is 0 Å². The first-order valence-corrected chi connectivity index (χ1v) is 7.80. The Hall–Kier alpha value is -1.33. The molecule has 4 nitrogen and oxygen atoms in total. The van der Waals surface area contributed by atoms with Crippen LogP contribution in [-0.4, -0.2) is 30.3 Å². The van der Waals surface area contributed by atoms with Gasteiger partial charge < -0.3 is 14.6 Å². The Kier molecular flexibility index (Phi) is 4.42. The lowest BCUT2D eigenvalue weighted by molar-refractivity contribution is 0.00578. The molecule has 1 aromatic rings. The second-order valence-corrected chi connectivity index (χ2v) is 7.29. The molecule has 0 bridgehead atoms. The highest BCUT2D eigenvalue weighted by Crippen LogP contribution is 2.36. The number of hydrogen-bond acceptors (Lipinski definition) is 3. The van der Waals surface area contributed by atoms with Gasteiger partial charge in [-0.15, -0.1) is 0 Å². The summed E-state index contributed by atoms with van der Waals surface area (Å²) in [6.07, 6.45) is 0. The van der Waals surface area contributed by atoms with E-state index in [1.807, 2.05) is 66.7 Å². The van der Waals surface area contributed by atoms with Crippen LogP contribution in [0.3, 0.4) is 0 Å². The van der Waals surface area contributed by atoms with Gasteiger partial charge in [0.25, 0.3) is 5.91 Å². The Labute approximate surface area is 133 Å². The lowest BCUT2D eigenvalue weighted by Gasteiger charge is -2.32. The number of carbonyl (C=O) groups excluding carboxylic acids is 1. The molecule has 5 heteroatoms. The average molecular weight is 303 g/mol. The van der Waals surface area contributed by atoms with E-state index in [-0.39, 0.29) is 23.2 Å². The molecule has 1 heterocycles. The van der Waals surface area contributed by atoms with Gasteiger partial charge in [0.1, 0.15) is 0 Å². The van der Waals surface area contributed by atoms with Crippen LogP contribution in [0.15, 0.2) is 18.2 Å². The number of benzene rings is 1. The minimum atomic E-state index is -0.396. The van der Waals surface area contributed by atoms with Gasteiger partial charge in [-0.2, -0.15) is 0 Å². The molecule has 1 aromatic carbocycles. The van der Waals surface area contributed by atoms with E-state index >= 15 is 0 Å². The highest BCUT2D eigenvalue weighted by molar-refractivity contribution is 6.62. The van der Waals surface area contributed by atoms with Crippen molar-refractivity contribution in [2.24, 2.45) is 0 Å². The van der Waals surface area contributed by atoms with Crippen LogP contribution >= 0.6 is 0 Å². The first-order chi connectivity index (χ1) is 10.0. The molecule has 1 aliphatic heterocycles. The molecule has 0 aliphatic carbocycles. The maximum atomic E-state index is 12.1. The fourth-order valence-corrected chi connectivity index (χ4v) is 2.40. The second kappa shape index (κ2) is 5.71. The molecule has 0 aromatic heterocycles. The predicted octanol–water partition coefficient (Wildman–Crippen LogP) is 2.43. The van der Waals surface area contributed by atoms with Gasteiger partial charge in [0.05, 0.1) is 11.2 Å². The molecule has 1 amide bonds. The van der Waals surface area contributed by atoms with Gasteiger partial charge in [0, 0.05) is 11.6 Å². The van der Waals surface area contributed by atoms with Crippen molar-refractivity contribution in [3.05, 3.63) is 29.3 Å². The largest absolute Gasteiger partial charge is 0.495 e. The van der Waals surface area contributed by atoms with Gasteiger partial charge in [-0.1, -0.05) is 11.6 Å². The Bertz CT molecular complexity index is 565. The second-order valence-electron chi connectivity index (χ2n) is 7.29. The van der Waals surface area contributed by atoms with E-state index in [2.05, 4.69) is 5.32 Å². The van der Waals surface area contributed by atoms with Gasteiger partial charge in [-0.25, -0.2) is 0 Å². The Morgan fingerprint density at radius 2 is 1.68 bits per heavy atom. The molecule has 22 heavy (non-hydrogen) atoms. The van der Waals surface area contributed by atoms with E-state index in [0.717, 1.165) is 11.0 Å². The third-order valence-electron chi connectivity index (χ3n) is 4.46. The molecular weight excluding hydrogens is 277 g/mol. The Balaban J connectivity index is 2.23. The third kappa shape index (κ3) is 3.20. The van der Waals surface area contributed by atoms with Gasteiger partial charge in [-0.05, 0) is 66.1 Å². The molecule has 1 saturated heterocycles. The van der Waals surface area contributed by atoms with Crippen LogP contribution in [0.4, 0.5) is 0 Å². The molecule has 0 saturated carbocycles. The standard InChI is InChI=1S/C17H26BNO3/c1-11(2)19-15(20)13-8-9-14(12(3)10-13)18-21-16(4,5)17(6,7)22-18/h8-11H,1-7H3,(H,19,20). The SMILES string of the molecule is Cc1cc(C(=O)NC(C)C)ccc1B1OC(C)(C)C(C)(C)O1. The minimum absolute atomic E-state index is 0.0569. The van der Waals surface area contributed by atoms with Crippen molar-refractivity contribution in [2.75, 3.05) is 0 Å². The topological polar surface area (TPSA) is 47.6 Å². The summed E-state index contributed by atoms with van der Waals surface area (Å²) in [7, 11) is -0.396. The summed E-state index contributed by atoms with van der Waals surface area (Å²) in [6, 6.07) is 5.76. The monoisotopic (exact) mass is 303 g/mol. The summed E-state index contributed by atoms with van der Waals surface area (Å²) < 4.78 is 12.1. The molecule has 0 atom stereocenters. The van der Waals surface area contributed by atoms with Crippen LogP contribution in [-0.2, 0) is 9.31 Å². The smallest absolute Gasteiger partial charge is 0.399 e. The summed E-state index contributed by atoms with van der Waals surface area (Å²) in [5, 5.41) is 2.90. The first kappa shape index (κ1) is 17.0. The quantitative estimate of drug-likeness (QED) is 0.873. The van der Waals surface area contributed by atoms with E-state index in [0.29, 0.717) is 5.56 Å². The number of hydrogen-bond donors (Lipinski definition) is 1. The summed E-state index contributed by atoms with van der Waals surface area (Å²) in [6.45, 7) is 14.0. The lowest BCUT2D eigenvalue weighted by atomic mass is 9.76. The maximum absolute atomic E-state index is 12.1. The zero-order valence-electron chi connectivity index (χ0n) is 14.6. The van der Waals surface area contributed by atoms with Crippen molar-refractivity contribution in [3.8, 4) is 0 Å². The number of rotatable bonds is 3. The highest BCUT2D eigenvalue weighted by atomic mass is 16.7. The van der Waals surface area contributed by atoms with Crippen molar-refractivity contribution in [3.63, 3.8) is 0 Å². The van der Waals surface area contributed by atoms with Crippen LogP contribution in [0, 0.1) is 6.92 Å². The van der Waals surface area contributed by atoms with Crippen molar-refractivity contribution < 1.29 is 14.1 Å². The van der Waals surface area contributed by atoms with Crippen molar-refractivity contribution >= 4 is 18.5 Å². The predicted molar refractivity (Wildman–Crippen MR) is 89.5 cm³/mol. The molecule has 0 radical (unpaired) electrons. The van der Waals surface area contributed by atoms with Crippen LogP contribution in [0.5, 0.6) is 0 Å². The van der Waals surface area contributed by atoms with Crippen molar-refractivity contribution in [1.29, 1.82) is 0 Å². The van der Waals surface area contributed by atoms with Crippen LogP contribution in [0.1, 0.15) is 57.5 Å². The molecular formula is C17H26BNO3. The van der Waals surface area contributed by atoms with Crippen molar-refractivity contribution in [2.45, 2.75) is 65.7 Å². The summed E-state index contributed by atoms with van der Waals surface area (Å²) >= 11 is 0. The minimum Gasteiger partial charge on any atom is -0.399 e. The van der Waals surface area contributed by atoms with Gasteiger partial charge in [-0.3, -0.25) is 4.79 Å². The molecule has 0 spiro atoms. The number of carbonyl (C=O) groups is 1. The first-order valence-electron chi connectivity index (χ1n) is 7.80. The fourth-order valence-electron chi connectivity index (χ4n) is 2.40. The van der Waals surface area contributed by atoms with Gasteiger partial charge in [0.2, 0.25) is 0 Å². The molecule has 1 N–H and O–H groups in total. The van der Waals surface area contributed by atoms with E-state index in [1.165, 1.54) is 0 Å². The average Bonchev–Trinajstić information content (AvgIpc) is 2.57. The zero-order valence-corrected chi connectivity index (χ0v) is 14.6. The maximum Gasteiger partial charge on any atom is 0.495 e. The van der Waals surface area contributed by atoms with E-state index in [9.17, 15) is 4.79 Å². The van der Waals surface area contributed by atoms with Gasteiger partial charge >= 0.3 is 7.12 Å². The van der Waals surface area contributed by atoms with E-state index in [4.69, 9.17) is 9.31 Å². The molecule has 0 unspecified atom stereocenters. The molecule has 120 valence electrons. The summed E-state index contributed by atoms with van der Waals surface area (Å²) in [5.74, 6) is -0.0569. The summed E-state index contributed by atoms with van der Waals surface area (Å²) in [5.41, 5.74) is 1.90. The molecule has 1 aliphatic rings. The number of aryl methyl sites for hydroxylation is 1. The van der Waals surface area contributed by atoms with E-state index in [1.54, 1.807) is 0 Å². The summed E-state index contributed by atoms with van der Waals surface area (Å²) in [4.78, 5) is 12.1. The molecule has 2 rings (SSSR count). The third-order valence-corrected chi connectivity index (χ3v) is 4.46. The molecule has 1 fully saturated rings. The Morgan fingerprint density at radius 1 is 1.14 bits per heavy atom. The van der Waals surface area contributed by atoms with Crippen LogP contribution in [0.2, 0.25) is 0 Å². The van der Waals surface area contributed by atoms with Gasteiger partial charge in [0.15, 0.2) is 0 Å². The zero-order chi connectivity index (χ0) is 16.7. The normalized spacial score (nSPS) is 19.5. The number of amides is 1. The van der Waals surface area contributed by atoms with Crippen LogP contribution < -0.4 is 10.8 Å². The Morgan fingerprint density at radius 3 is 2.14 bits per heavy atom. The number of nitrogens with one attached hydrogen (secondary N) is 1. The highest BCUT2D eigenvalue weighted by Gasteiger charge is 2.52. The van der Waals surface area contributed by atoms with Crippen molar-refractivity contribution in [1.82, 2.24) is 5.32 Å². The lowest BCUT2D eigenvalue weighted by Crippen LogP contribution is -2.41. The fraction of sp³-hybridized carbons (Fsp3) is 0.588. The van der Waals surface area contributed by atoms with E-state index < -0.39 is 7.12 Å².